The first-order chi connectivity index (χ1) is 13.1. The highest BCUT2D eigenvalue weighted by molar-refractivity contribution is 8.19. The molecule has 5 nitrogen and oxygen atoms in total. The van der Waals surface area contributed by atoms with E-state index in [4.69, 9.17) is 10.1 Å². The Labute approximate surface area is 165 Å². The Hall–Kier alpha value is -2.51. The van der Waals surface area contributed by atoms with Gasteiger partial charge in [-0.05, 0) is 29.3 Å². The number of aromatic nitrogens is 2. The molecular weight excluding hydrogens is 378 g/mol. The van der Waals surface area contributed by atoms with E-state index in [1.807, 2.05) is 49.4 Å². The van der Waals surface area contributed by atoms with Crippen LogP contribution in [0, 0.1) is 5.41 Å². The lowest BCUT2D eigenvalue weighted by Gasteiger charge is -2.09. The fourth-order valence-corrected chi connectivity index (χ4v) is 5.01. The molecule has 0 saturated carbocycles. The number of benzene rings is 2. The van der Waals surface area contributed by atoms with Crippen molar-refractivity contribution < 1.29 is 9.53 Å². The molecule has 136 valence electrons. The molecular formula is C20H17N3O2S2. The Morgan fingerprint density at radius 1 is 1.22 bits per heavy atom. The summed E-state index contributed by atoms with van der Waals surface area (Å²) >= 11 is 2.60. The molecule has 1 aromatic heterocycles. The lowest BCUT2D eigenvalue weighted by molar-refractivity contribution is -0.114. The fourth-order valence-electron chi connectivity index (χ4n) is 3.07. The number of Topliss-reactive ketones (excluding diaryl/α,β-unsaturated/α-hetero) is 1. The van der Waals surface area contributed by atoms with E-state index in [1.54, 1.807) is 7.11 Å². The number of nitrogens with zero attached hydrogens (tertiary/aromatic N) is 2. The number of nitrogens with one attached hydrogen (secondary N) is 1. The summed E-state index contributed by atoms with van der Waals surface area (Å²) < 4.78 is 5.52. The normalized spacial score (nSPS) is 18.6. The van der Waals surface area contributed by atoms with Gasteiger partial charge in [0, 0.05) is 5.56 Å². The highest BCUT2D eigenvalue weighted by Crippen LogP contribution is 2.43. The van der Waals surface area contributed by atoms with Gasteiger partial charge in [0.2, 0.25) is 0 Å². The lowest BCUT2D eigenvalue weighted by Crippen LogP contribution is -2.11. The summed E-state index contributed by atoms with van der Waals surface area (Å²) in [6, 6.07) is 11.9. The summed E-state index contributed by atoms with van der Waals surface area (Å²) in [4.78, 5) is 13.6. The molecule has 4 rings (SSSR count). The number of methoxy groups -OCH3 is 1. The predicted molar refractivity (Wildman–Crippen MR) is 111 cm³/mol. The zero-order chi connectivity index (χ0) is 19.0. The zero-order valence-corrected chi connectivity index (χ0v) is 16.5. The fraction of sp³-hybridized carbons (Fsp3) is 0.200. The molecule has 1 atom stereocenters. The maximum absolute atomic E-state index is 13.0. The number of hydrogen-bond acceptors (Lipinski definition) is 7. The van der Waals surface area contributed by atoms with E-state index in [1.165, 1.54) is 23.1 Å². The van der Waals surface area contributed by atoms with Crippen molar-refractivity contribution in [1.82, 2.24) is 10.2 Å². The molecule has 0 aliphatic carbocycles. The Bertz CT molecular complexity index is 1090. The van der Waals surface area contributed by atoms with Crippen molar-refractivity contribution in [2.75, 3.05) is 7.11 Å². The molecule has 2 heterocycles. The zero-order valence-electron chi connectivity index (χ0n) is 14.9. The van der Waals surface area contributed by atoms with Gasteiger partial charge in [0.25, 0.3) is 0 Å². The van der Waals surface area contributed by atoms with Crippen LogP contribution in [0.4, 0.5) is 0 Å². The van der Waals surface area contributed by atoms with Gasteiger partial charge in [-0.3, -0.25) is 10.2 Å². The number of rotatable bonds is 4. The Balaban J connectivity index is 1.78. The van der Waals surface area contributed by atoms with Gasteiger partial charge in [-0.25, -0.2) is 0 Å². The van der Waals surface area contributed by atoms with Crippen LogP contribution in [-0.2, 0) is 11.2 Å². The van der Waals surface area contributed by atoms with Crippen molar-refractivity contribution in [3.63, 3.8) is 0 Å². The van der Waals surface area contributed by atoms with Gasteiger partial charge in [-0.1, -0.05) is 49.0 Å². The van der Waals surface area contributed by atoms with E-state index < -0.39 is 5.92 Å². The summed E-state index contributed by atoms with van der Waals surface area (Å²) in [5, 5.41) is 20.4. The third-order valence-electron chi connectivity index (χ3n) is 4.45. The molecule has 1 fully saturated rings. The molecule has 0 bridgehead atoms. The first-order valence-corrected chi connectivity index (χ1v) is 10.2. The predicted octanol–water partition coefficient (Wildman–Crippen LogP) is 4.68. The molecule has 1 N–H and O–H groups in total. The van der Waals surface area contributed by atoms with Crippen LogP contribution in [0.1, 0.15) is 28.4 Å². The summed E-state index contributed by atoms with van der Waals surface area (Å²) in [5.41, 5.74) is 0.853. The Morgan fingerprint density at radius 3 is 2.78 bits per heavy atom. The number of aryl methyl sites for hydroxylation is 1. The minimum absolute atomic E-state index is 0.0983. The molecule has 2 aromatic carbocycles. The van der Waals surface area contributed by atoms with Crippen molar-refractivity contribution in [3.8, 4) is 5.75 Å². The maximum Gasteiger partial charge on any atom is 0.186 e. The molecule has 1 aliphatic heterocycles. The van der Waals surface area contributed by atoms with Crippen LogP contribution in [0.15, 0.2) is 41.3 Å². The number of fused-ring (bicyclic) bond motifs is 1. The number of ketones is 1. The topological polar surface area (TPSA) is 75.9 Å². The number of allylic oxidation sites excluding steroid dienone is 1. The van der Waals surface area contributed by atoms with Crippen LogP contribution >= 0.6 is 23.1 Å². The molecule has 0 unspecified atom stereocenters. The second-order valence-electron chi connectivity index (χ2n) is 6.06. The summed E-state index contributed by atoms with van der Waals surface area (Å²) in [5.74, 6) is -0.0347. The van der Waals surface area contributed by atoms with E-state index in [0.29, 0.717) is 20.7 Å². The highest BCUT2D eigenvalue weighted by atomic mass is 32.2. The summed E-state index contributed by atoms with van der Waals surface area (Å²) in [7, 11) is 1.62. The second-order valence-corrected chi connectivity index (χ2v) is 8.24. The highest BCUT2D eigenvalue weighted by Gasteiger charge is 2.39. The third-order valence-corrected chi connectivity index (χ3v) is 6.57. The van der Waals surface area contributed by atoms with Crippen molar-refractivity contribution >= 4 is 50.8 Å². The largest absolute Gasteiger partial charge is 0.496 e. The molecule has 1 saturated heterocycles. The first kappa shape index (κ1) is 17.9. The average molecular weight is 396 g/mol. The minimum atomic E-state index is -0.639. The van der Waals surface area contributed by atoms with Gasteiger partial charge in [0.05, 0.1) is 17.1 Å². The van der Waals surface area contributed by atoms with Crippen molar-refractivity contribution in [1.29, 1.82) is 5.41 Å². The Kier molecular flexibility index (Phi) is 4.80. The van der Waals surface area contributed by atoms with Gasteiger partial charge in [-0.2, -0.15) is 0 Å². The molecule has 3 aromatic rings. The monoisotopic (exact) mass is 395 g/mol. The third kappa shape index (κ3) is 3.17. The summed E-state index contributed by atoms with van der Waals surface area (Å²) in [6.07, 6.45) is 2.61. The Morgan fingerprint density at radius 2 is 2.04 bits per heavy atom. The van der Waals surface area contributed by atoms with Crippen molar-refractivity contribution in [3.05, 3.63) is 56.9 Å². The molecule has 1 aliphatic rings. The van der Waals surface area contributed by atoms with Gasteiger partial charge in [0.1, 0.15) is 21.7 Å². The second kappa shape index (κ2) is 7.25. The van der Waals surface area contributed by atoms with Gasteiger partial charge in [0.15, 0.2) is 5.78 Å². The van der Waals surface area contributed by atoms with E-state index in [9.17, 15) is 4.79 Å². The van der Waals surface area contributed by atoms with Crippen LogP contribution in [0.3, 0.4) is 0 Å². The smallest absolute Gasteiger partial charge is 0.186 e. The number of hydrogen-bond donors (Lipinski definition) is 1. The maximum atomic E-state index is 13.0. The SMILES string of the molecule is CCc1nnc([C@@H]2C(=N)S/C(=C\c3c(OC)ccc4ccccc34)C2=O)s1. The number of ether oxygens (including phenoxy) is 1. The lowest BCUT2D eigenvalue weighted by atomic mass is 10.0. The van der Waals surface area contributed by atoms with E-state index in [2.05, 4.69) is 10.2 Å². The van der Waals surface area contributed by atoms with Crippen LogP contribution in [-0.4, -0.2) is 28.1 Å². The van der Waals surface area contributed by atoms with E-state index in [0.717, 1.165) is 27.8 Å². The molecule has 0 radical (unpaired) electrons. The molecule has 0 amide bonds. The average Bonchev–Trinajstić information content (AvgIpc) is 3.26. The summed E-state index contributed by atoms with van der Waals surface area (Å²) in [6.45, 7) is 2.00. The number of thioether (sulfide) groups is 1. The van der Waals surface area contributed by atoms with Crippen LogP contribution in [0.2, 0.25) is 0 Å². The van der Waals surface area contributed by atoms with Crippen molar-refractivity contribution in [2.24, 2.45) is 0 Å². The van der Waals surface area contributed by atoms with Gasteiger partial charge in [-0.15, -0.1) is 21.5 Å². The minimum Gasteiger partial charge on any atom is -0.496 e. The van der Waals surface area contributed by atoms with Crippen LogP contribution in [0.5, 0.6) is 5.75 Å². The first-order valence-electron chi connectivity index (χ1n) is 8.52. The number of carbonyl (C=O) groups excluding carboxylic acids is 1. The van der Waals surface area contributed by atoms with Gasteiger partial charge < -0.3 is 4.74 Å². The van der Waals surface area contributed by atoms with Crippen molar-refractivity contribution in [2.45, 2.75) is 19.3 Å². The molecule has 7 heteroatoms. The number of carbonyl (C=O) groups is 1. The van der Waals surface area contributed by atoms with E-state index >= 15 is 0 Å². The molecule has 0 spiro atoms. The quantitative estimate of drug-likeness (QED) is 0.649. The standard InChI is InChI=1S/C20H17N3O2S2/c1-3-16-22-23-20(27-16)17-18(24)15(26-19(17)21)10-13-12-7-5-4-6-11(12)8-9-14(13)25-2/h4-10,17,21H,3H2,1-2H3/b15-10-,21-19?/t17-/m0/s1. The molecule has 27 heavy (non-hydrogen) atoms. The van der Waals surface area contributed by atoms with Crippen LogP contribution < -0.4 is 4.74 Å². The van der Waals surface area contributed by atoms with Crippen LogP contribution in [0.25, 0.3) is 16.8 Å². The van der Waals surface area contributed by atoms with E-state index in [-0.39, 0.29) is 5.78 Å². The van der Waals surface area contributed by atoms with Gasteiger partial charge >= 0.3 is 0 Å².